The molecule has 0 aromatic heterocycles. The van der Waals surface area contributed by atoms with E-state index in [9.17, 15) is 0 Å². The summed E-state index contributed by atoms with van der Waals surface area (Å²) in [5.74, 6) is 0. The molecule has 0 spiro atoms. The summed E-state index contributed by atoms with van der Waals surface area (Å²) in [5, 5.41) is 2.57. The van der Waals surface area contributed by atoms with E-state index >= 15 is 0 Å². The Morgan fingerprint density at radius 2 is 1.16 bits per heavy atom. The first-order chi connectivity index (χ1) is 12.1. The predicted molar refractivity (Wildman–Crippen MR) is 112 cm³/mol. The summed E-state index contributed by atoms with van der Waals surface area (Å²) in [5.41, 5.74) is 7.72. The van der Waals surface area contributed by atoms with Crippen LogP contribution in [0, 0.1) is 13.8 Å². The second-order valence-corrected chi connectivity index (χ2v) is 7.47. The second kappa shape index (κ2) is 6.50. The van der Waals surface area contributed by atoms with Gasteiger partial charge in [0.05, 0.1) is 0 Å². The maximum absolute atomic E-state index is 3.55. The van der Waals surface area contributed by atoms with Gasteiger partial charge in [0.2, 0.25) is 0 Å². The fourth-order valence-corrected chi connectivity index (χ4v) is 3.92. The van der Waals surface area contributed by atoms with Crippen LogP contribution in [0.5, 0.6) is 0 Å². The lowest BCUT2D eigenvalue weighted by molar-refractivity contribution is 1.40. The van der Waals surface area contributed by atoms with E-state index in [1.807, 2.05) is 0 Å². The fourth-order valence-electron chi connectivity index (χ4n) is 3.44. The molecule has 0 radical (unpaired) electrons. The Morgan fingerprint density at radius 1 is 0.560 bits per heavy atom. The van der Waals surface area contributed by atoms with Crippen LogP contribution in [0.3, 0.4) is 0 Å². The van der Waals surface area contributed by atoms with E-state index in [0.717, 1.165) is 4.47 Å². The molecular formula is C24H19Br. The summed E-state index contributed by atoms with van der Waals surface area (Å²) in [4.78, 5) is 0. The highest BCUT2D eigenvalue weighted by atomic mass is 79.9. The van der Waals surface area contributed by atoms with Gasteiger partial charge in [0.15, 0.2) is 0 Å². The molecule has 25 heavy (non-hydrogen) atoms. The first kappa shape index (κ1) is 16.1. The lowest BCUT2D eigenvalue weighted by atomic mass is 9.93. The van der Waals surface area contributed by atoms with Crippen LogP contribution < -0.4 is 0 Å². The Bertz CT molecular complexity index is 1080. The molecule has 0 unspecified atom stereocenters. The highest BCUT2D eigenvalue weighted by molar-refractivity contribution is 9.10. The average molecular weight is 387 g/mol. The minimum absolute atomic E-state index is 1.12. The molecule has 0 bridgehead atoms. The first-order valence-corrected chi connectivity index (χ1v) is 9.27. The van der Waals surface area contributed by atoms with E-state index in [0.29, 0.717) is 0 Å². The van der Waals surface area contributed by atoms with Gasteiger partial charge in [0.1, 0.15) is 0 Å². The summed E-state index contributed by atoms with van der Waals surface area (Å²) in [6.45, 7) is 4.36. The monoisotopic (exact) mass is 386 g/mol. The number of fused-ring (bicyclic) bond motifs is 1. The van der Waals surface area contributed by atoms with Crippen LogP contribution in [0.1, 0.15) is 11.1 Å². The zero-order chi connectivity index (χ0) is 17.4. The lowest BCUT2D eigenvalue weighted by Crippen LogP contribution is -1.89. The summed E-state index contributed by atoms with van der Waals surface area (Å²) in [6, 6.07) is 28.4. The minimum Gasteiger partial charge on any atom is -0.0616 e. The minimum atomic E-state index is 1.12. The van der Waals surface area contributed by atoms with Crippen LogP contribution in [0.4, 0.5) is 0 Å². The Balaban J connectivity index is 1.78. The lowest BCUT2D eigenvalue weighted by Gasteiger charge is -2.12. The maximum Gasteiger partial charge on any atom is 0.0178 e. The van der Waals surface area contributed by atoms with E-state index in [2.05, 4.69) is 109 Å². The van der Waals surface area contributed by atoms with Crippen molar-refractivity contribution in [1.29, 1.82) is 0 Å². The zero-order valence-electron chi connectivity index (χ0n) is 14.4. The van der Waals surface area contributed by atoms with Crippen LogP contribution in [0.2, 0.25) is 0 Å². The highest BCUT2D eigenvalue weighted by Gasteiger charge is 2.08. The molecule has 0 aliphatic carbocycles. The van der Waals surface area contributed by atoms with Crippen molar-refractivity contribution < 1.29 is 0 Å². The van der Waals surface area contributed by atoms with Crippen molar-refractivity contribution in [3.63, 3.8) is 0 Å². The van der Waals surface area contributed by atoms with Gasteiger partial charge < -0.3 is 0 Å². The van der Waals surface area contributed by atoms with Gasteiger partial charge in [-0.2, -0.15) is 0 Å². The van der Waals surface area contributed by atoms with Gasteiger partial charge in [-0.3, -0.25) is 0 Å². The highest BCUT2D eigenvalue weighted by Crippen LogP contribution is 2.32. The van der Waals surface area contributed by atoms with Gasteiger partial charge >= 0.3 is 0 Å². The summed E-state index contributed by atoms with van der Waals surface area (Å²) >= 11 is 3.55. The van der Waals surface area contributed by atoms with Gasteiger partial charge in [-0.15, -0.1) is 0 Å². The third-order valence-corrected chi connectivity index (χ3v) is 5.28. The molecule has 0 fully saturated rings. The van der Waals surface area contributed by atoms with E-state index in [1.165, 1.54) is 44.2 Å². The first-order valence-electron chi connectivity index (χ1n) is 8.48. The van der Waals surface area contributed by atoms with Gasteiger partial charge in [-0.05, 0) is 76.2 Å². The van der Waals surface area contributed by atoms with Crippen LogP contribution in [0.25, 0.3) is 33.0 Å². The third-order valence-electron chi connectivity index (χ3n) is 4.79. The topological polar surface area (TPSA) is 0 Å². The Labute approximate surface area is 157 Å². The van der Waals surface area contributed by atoms with Crippen molar-refractivity contribution in [2.24, 2.45) is 0 Å². The number of halogens is 1. The molecule has 0 heterocycles. The van der Waals surface area contributed by atoms with Crippen LogP contribution in [-0.4, -0.2) is 0 Å². The van der Waals surface area contributed by atoms with Crippen molar-refractivity contribution in [2.75, 3.05) is 0 Å². The summed E-state index contributed by atoms with van der Waals surface area (Å²) in [6.07, 6.45) is 0. The van der Waals surface area contributed by atoms with Crippen LogP contribution in [-0.2, 0) is 0 Å². The van der Waals surface area contributed by atoms with Crippen molar-refractivity contribution in [1.82, 2.24) is 0 Å². The van der Waals surface area contributed by atoms with Gasteiger partial charge in [0.25, 0.3) is 0 Å². The number of aryl methyl sites for hydroxylation is 2. The second-order valence-electron chi connectivity index (χ2n) is 6.55. The molecule has 4 rings (SSSR count). The number of benzene rings is 4. The van der Waals surface area contributed by atoms with Crippen molar-refractivity contribution >= 4 is 26.7 Å². The average Bonchev–Trinajstić information content (AvgIpc) is 2.62. The summed E-state index contributed by atoms with van der Waals surface area (Å²) in [7, 11) is 0. The molecule has 0 saturated carbocycles. The number of hydrogen-bond donors (Lipinski definition) is 0. The Morgan fingerprint density at radius 3 is 1.88 bits per heavy atom. The fraction of sp³-hybridized carbons (Fsp3) is 0.0833. The molecule has 4 aromatic carbocycles. The van der Waals surface area contributed by atoms with Gasteiger partial charge in [-0.1, -0.05) is 76.6 Å². The predicted octanol–water partition coefficient (Wildman–Crippen LogP) is 7.55. The number of hydrogen-bond acceptors (Lipinski definition) is 0. The van der Waals surface area contributed by atoms with E-state index < -0.39 is 0 Å². The normalized spacial score (nSPS) is 11.0. The number of rotatable bonds is 2. The van der Waals surface area contributed by atoms with Crippen LogP contribution >= 0.6 is 15.9 Å². The van der Waals surface area contributed by atoms with Gasteiger partial charge in [0, 0.05) is 4.47 Å². The molecule has 122 valence electrons. The molecule has 0 saturated heterocycles. The summed E-state index contributed by atoms with van der Waals surface area (Å²) < 4.78 is 1.12. The molecule has 0 aliphatic rings. The largest absolute Gasteiger partial charge is 0.0616 e. The van der Waals surface area contributed by atoms with Crippen molar-refractivity contribution in [2.45, 2.75) is 13.8 Å². The van der Waals surface area contributed by atoms with Crippen molar-refractivity contribution in [3.05, 3.63) is 94.5 Å². The zero-order valence-corrected chi connectivity index (χ0v) is 16.0. The molecule has 4 aromatic rings. The van der Waals surface area contributed by atoms with E-state index in [1.54, 1.807) is 0 Å². The van der Waals surface area contributed by atoms with Crippen molar-refractivity contribution in [3.8, 4) is 22.3 Å². The molecular weight excluding hydrogens is 368 g/mol. The molecule has 0 N–H and O–H groups in total. The molecule has 1 heteroatoms. The van der Waals surface area contributed by atoms with E-state index in [-0.39, 0.29) is 0 Å². The molecule has 0 atom stereocenters. The van der Waals surface area contributed by atoms with E-state index in [4.69, 9.17) is 0 Å². The Kier molecular flexibility index (Phi) is 4.19. The standard InChI is InChI=1S/C24H19Br/c1-16-13-20(21-8-7-18-5-3-4-6-19(18)15-21)9-11-23(16)24-12-10-22(25)14-17(24)2/h3-15H,1-2H3. The SMILES string of the molecule is Cc1cc(Br)ccc1-c1ccc(-c2ccc3ccccc3c2)cc1C. The third kappa shape index (κ3) is 3.12. The maximum atomic E-state index is 3.55. The molecule has 0 nitrogen and oxygen atoms in total. The quantitative estimate of drug-likeness (QED) is 0.333. The molecule has 0 amide bonds. The Hall–Kier alpha value is -2.38. The smallest absolute Gasteiger partial charge is 0.0178 e. The van der Waals surface area contributed by atoms with Gasteiger partial charge in [-0.25, -0.2) is 0 Å². The van der Waals surface area contributed by atoms with Crippen LogP contribution in [0.15, 0.2) is 83.3 Å². The molecule has 0 aliphatic heterocycles.